The van der Waals surface area contributed by atoms with E-state index >= 15 is 0 Å². The highest BCUT2D eigenvalue weighted by atomic mass is 127. The van der Waals surface area contributed by atoms with E-state index in [4.69, 9.17) is 5.73 Å². The predicted molar refractivity (Wildman–Crippen MR) is 86.3 cm³/mol. The molecule has 2 N–H and O–H groups in total. The molecule has 2 heterocycles. The van der Waals surface area contributed by atoms with Crippen LogP contribution < -0.4 is 10.6 Å². The molecule has 1 fully saturated rings. The van der Waals surface area contributed by atoms with Crippen LogP contribution in [-0.4, -0.2) is 54.1 Å². The average Bonchev–Trinajstić information content (AvgIpc) is 2.65. The number of nitrogens with zero attached hydrogens (tertiary/aromatic N) is 4. The van der Waals surface area contributed by atoms with Crippen molar-refractivity contribution in [1.82, 2.24) is 14.9 Å². The molecule has 5 nitrogen and oxygen atoms in total. The zero-order chi connectivity index (χ0) is 13.5. The number of hydrogen-bond acceptors (Lipinski definition) is 5. The molecule has 1 aliphatic rings. The maximum atomic E-state index is 5.55. The highest BCUT2D eigenvalue weighted by Gasteiger charge is 2.17. The third kappa shape index (κ3) is 4.54. The van der Waals surface area contributed by atoms with Gasteiger partial charge in [0.1, 0.15) is 12.1 Å². The lowest BCUT2D eigenvalue weighted by atomic mass is 10.3. The summed E-state index contributed by atoms with van der Waals surface area (Å²) in [6.45, 7) is 6.41. The average molecular weight is 375 g/mol. The standard InChI is InChI=1S/C13H22IN5/c14-12-10-16-11-17-13(12)19-7-3-6-18(8-9-19)5-2-1-4-15/h10-11H,1-9,15H2. The van der Waals surface area contributed by atoms with Crippen molar-refractivity contribution in [3.8, 4) is 0 Å². The third-order valence-corrected chi connectivity index (χ3v) is 4.23. The fourth-order valence-electron chi connectivity index (χ4n) is 2.42. The van der Waals surface area contributed by atoms with E-state index in [2.05, 4.69) is 42.4 Å². The van der Waals surface area contributed by atoms with Gasteiger partial charge in [0, 0.05) is 25.8 Å². The van der Waals surface area contributed by atoms with Gasteiger partial charge in [-0.05, 0) is 61.5 Å². The fraction of sp³-hybridized carbons (Fsp3) is 0.692. The molecule has 0 aromatic carbocycles. The molecule has 6 heteroatoms. The summed E-state index contributed by atoms with van der Waals surface area (Å²) in [6, 6.07) is 0. The van der Waals surface area contributed by atoms with Crippen LogP contribution in [0.1, 0.15) is 19.3 Å². The molecule has 1 aliphatic heterocycles. The molecule has 1 aromatic heterocycles. The Kier molecular flexibility index (Phi) is 6.25. The van der Waals surface area contributed by atoms with Crippen molar-refractivity contribution >= 4 is 28.4 Å². The van der Waals surface area contributed by atoms with Crippen molar-refractivity contribution in [2.75, 3.05) is 44.2 Å². The summed E-state index contributed by atoms with van der Waals surface area (Å²) in [6.07, 6.45) is 7.06. The van der Waals surface area contributed by atoms with Gasteiger partial charge in [-0.2, -0.15) is 0 Å². The van der Waals surface area contributed by atoms with E-state index in [1.807, 2.05) is 6.20 Å². The zero-order valence-electron chi connectivity index (χ0n) is 11.3. The Labute approximate surface area is 128 Å². The lowest BCUT2D eigenvalue weighted by molar-refractivity contribution is 0.288. The first-order valence-electron chi connectivity index (χ1n) is 6.94. The molecule has 0 saturated carbocycles. The molecule has 0 aliphatic carbocycles. The minimum atomic E-state index is 0.805. The highest BCUT2D eigenvalue weighted by Crippen LogP contribution is 2.19. The first-order chi connectivity index (χ1) is 9.31. The van der Waals surface area contributed by atoms with Crippen molar-refractivity contribution in [1.29, 1.82) is 0 Å². The fourth-order valence-corrected chi connectivity index (χ4v) is 3.07. The number of halogens is 1. The number of aromatic nitrogens is 2. The van der Waals surface area contributed by atoms with Crippen LogP contribution in [0, 0.1) is 3.57 Å². The quantitative estimate of drug-likeness (QED) is 0.622. The van der Waals surface area contributed by atoms with Crippen LogP contribution in [0.15, 0.2) is 12.5 Å². The molecule has 19 heavy (non-hydrogen) atoms. The predicted octanol–water partition coefficient (Wildman–Crippen LogP) is 1.33. The zero-order valence-corrected chi connectivity index (χ0v) is 13.4. The van der Waals surface area contributed by atoms with Crippen LogP contribution in [0.5, 0.6) is 0 Å². The molecule has 106 valence electrons. The topological polar surface area (TPSA) is 58.3 Å². The van der Waals surface area contributed by atoms with Crippen molar-refractivity contribution in [2.24, 2.45) is 5.73 Å². The van der Waals surface area contributed by atoms with Crippen LogP contribution >= 0.6 is 22.6 Å². The number of rotatable bonds is 5. The van der Waals surface area contributed by atoms with E-state index in [0.717, 1.165) is 42.0 Å². The Hall–Kier alpha value is -0.470. The molecular formula is C13H22IN5. The smallest absolute Gasteiger partial charge is 0.145 e. The summed E-state index contributed by atoms with van der Waals surface area (Å²) in [5.74, 6) is 1.08. The van der Waals surface area contributed by atoms with Gasteiger partial charge < -0.3 is 15.5 Å². The summed E-state index contributed by atoms with van der Waals surface area (Å²) in [5.41, 5.74) is 5.55. The number of unbranched alkanes of at least 4 members (excludes halogenated alkanes) is 1. The Balaban J connectivity index is 1.88. The van der Waals surface area contributed by atoms with E-state index in [1.165, 1.54) is 25.9 Å². The van der Waals surface area contributed by atoms with Gasteiger partial charge in [-0.1, -0.05) is 0 Å². The van der Waals surface area contributed by atoms with Gasteiger partial charge in [0.05, 0.1) is 3.57 Å². The molecule has 0 amide bonds. The highest BCUT2D eigenvalue weighted by molar-refractivity contribution is 14.1. The van der Waals surface area contributed by atoms with Crippen LogP contribution in [0.2, 0.25) is 0 Å². The monoisotopic (exact) mass is 375 g/mol. The number of nitrogens with two attached hydrogens (primary N) is 1. The molecule has 0 spiro atoms. The maximum absolute atomic E-state index is 5.55. The number of hydrogen-bond donors (Lipinski definition) is 1. The number of anilines is 1. The largest absolute Gasteiger partial charge is 0.354 e. The molecule has 1 aromatic rings. The lowest BCUT2D eigenvalue weighted by Crippen LogP contribution is -2.32. The van der Waals surface area contributed by atoms with Gasteiger partial charge in [0.15, 0.2) is 0 Å². The van der Waals surface area contributed by atoms with Gasteiger partial charge in [-0.15, -0.1) is 0 Å². The Morgan fingerprint density at radius 2 is 2.11 bits per heavy atom. The first-order valence-corrected chi connectivity index (χ1v) is 8.02. The van der Waals surface area contributed by atoms with Crippen molar-refractivity contribution in [3.05, 3.63) is 16.1 Å². The van der Waals surface area contributed by atoms with Crippen molar-refractivity contribution < 1.29 is 0 Å². The second-order valence-electron chi connectivity index (χ2n) is 4.87. The summed E-state index contributed by atoms with van der Waals surface area (Å²) >= 11 is 2.31. The third-order valence-electron chi connectivity index (χ3n) is 3.46. The Morgan fingerprint density at radius 1 is 1.21 bits per heavy atom. The molecule has 2 rings (SSSR count). The minimum absolute atomic E-state index is 0.805. The first kappa shape index (κ1) is 14.9. The molecular weight excluding hydrogens is 353 g/mol. The van der Waals surface area contributed by atoms with E-state index in [9.17, 15) is 0 Å². The minimum Gasteiger partial charge on any atom is -0.354 e. The van der Waals surface area contributed by atoms with Gasteiger partial charge in [-0.25, -0.2) is 9.97 Å². The Bertz CT molecular complexity index is 387. The molecule has 0 radical (unpaired) electrons. The summed E-state index contributed by atoms with van der Waals surface area (Å²) in [4.78, 5) is 13.4. The summed E-state index contributed by atoms with van der Waals surface area (Å²) in [7, 11) is 0. The van der Waals surface area contributed by atoms with Crippen LogP contribution in [-0.2, 0) is 0 Å². The van der Waals surface area contributed by atoms with E-state index < -0.39 is 0 Å². The second-order valence-corrected chi connectivity index (χ2v) is 6.03. The summed E-state index contributed by atoms with van der Waals surface area (Å²) in [5, 5.41) is 0. The van der Waals surface area contributed by atoms with Crippen molar-refractivity contribution in [3.63, 3.8) is 0 Å². The van der Waals surface area contributed by atoms with Crippen LogP contribution in [0.25, 0.3) is 0 Å². The molecule has 1 saturated heterocycles. The van der Waals surface area contributed by atoms with Gasteiger partial charge in [0.2, 0.25) is 0 Å². The van der Waals surface area contributed by atoms with Gasteiger partial charge in [-0.3, -0.25) is 0 Å². The second kappa shape index (κ2) is 7.96. The normalized spacial score (nSPS) is 17.5. The molecule has 0 unspecified atom stereocenters. The Morgan fingerprint density at radius 3 is 2.89 bits per heavy atom. The van der Waals surface area contributed by atoms with Gasteiger partial charge >= 0.3 is 0 Å². The van der Waals surface area contributed by atoms with E-state index in [-0.39, 0.29) is 0 Å². The molecule has 0 bridgehead atoms. The summed E-state index contributed by atoms with van der Waals surface area (Å²) < 4.78 is 1.14. The van der Waals surface area contributed by atoms with Crippen molar-refractivity contribution in [2.45, 2.75) is 19.3 Å². The molecule has 0 atom stereocenters. The lowest BCUT2D eigenvalue weighted by Gasteiger charge is -2.23. The maximum Gasteiger partial charge on any atom is 0.145 e. The van der Waals surface area contributed by atoms with Crippen LogP contribution in [0.4, 0.5) is 5.82 Å². The van der Waals surface area contributed by atoms with Crippen LogP contribution in [0.3, 0.4) is 0 Å². The van der Waals surface area contributed by atoms with Gasteiger partial charge in [0.25, 0.3) is 0 Å². The SMILES string of the molecule is NCCCCN1CCCN(c2ncncc2I)CC1. The van der Waals surface area contributed by atoms with E-state index in [1.54, 1.807) is 6.33 Å². The van der Waals surface area contributed by atoms with E-state index in [0.29, 0.717) is 0 Å².